The van der Waals surface area contributed by atoms with Gasteiger partial charge in [-0.15, -0.1) is 0 Å². The molecule has 2 aliphatic rings. The summed E-state index contributed by atoms with van der Waals surface area (Å²) in [6.07, 6.45) is 4.34. The van der Waals surface area contributed by atoms with Gasteiger partial charge in [-0.3, -0.25) is 4.98 Å². The van der Waals surface area contributed by atoms with Gasteiger partial charge in [-0.1, -0.05) is 12.1 Å². The van der Waals surface area contributed by atoms with Crippen molar-refractivity contribution in [2.45, 2.75) is 31.3 Å². The molecule has 2 atom stereocenters. The van der Waals surface area contributed by atoms with E-state index < -0.39 is 6.10 Å². The van der Waals surface area contributed by atoms with Gasteiger partial charge in [0.25, 0.3) is 0 Å². The second kappa shape index (κ2) is 5.04. The van der Waals surface area contributed by atoms with Crippen molar-refractivity contribution in [2.75, 3.05) is 6.79 Å². The number of ether oxygens (including phenoxy) is 2. The molecule has 108 valence electrons. The van der Waals surface area contributed by atoms with Gasteiger partial charge in [0.05, 0.1) is 6.10 Å². The predicted octanol–water partition coefficient (Wildman–Crippen LogP) is 2.96. The number of nitrogens with zero attached hydrogens (tertiary/aromatic N) is 1. The van der Waals surface area contributed by atoms with E-state index in [4.69, 9.17) is 9.47 Å². The number of rotatable bonds is 2. The van der Waals surface area contributed by atoms with Crippen molar-refractivity contribution in [3.63, 3.8) is 0 Å². The third-order valence-corrected chi connectivity index (χ3v) is 4.36. The molecule has 2 unspecified atom stereocenters. The number of aliphatic hydroxyl groups excluding tert-OH is 1. The number of pyridine rings is 1. The highest BCUT2D eigenvalue weighted by Crippen LogP contribution is 2.42. The molecule has 0 fully saturated rings. The second-order valence-corrected chi connectivity index (χ2v) is 5.60. The van der Waals surface area contributed by atoms with Gasteiger partial charge in [0.1, 0.15) is 0 Å². The summed E-state index contributed by atoms with van der Waals surface area (Å²) in [6.45, 7) is 0.253. The van der Waals surface area contributed by atoms with Crippen molar-refractivity contribution in [1.82, 2.24) is 4.98 Å². The first-order valence-electron chi connectivity index (χ1n) is 7.34. The highest BCUT2D eigenvalue weighted by atomic mass is 16.7. The van der Waals surface area contributed by atoms with E-state index >= 15 is 0 Å². The Bertz CT molecular complexity index is 671. The summed E-state index contributed by atoms with van der Waals surface area (Å²) in [5, 5.41) is 10.8. The third-order valence-electron chi connectivity index (χ3n) is 4.36. The SMILES string of the molecule is OC(c1ccc2c(c1)OCO2)C1CCCc2cccnc21. The summed E-state index contributed by atoms with van der Waals surface area (Å²) in [7, 11) is 0. The first-order chi connectivity index (χ1) is 10.3. The zero-order valence-corrected chi connectivity index (χ0v) is 11.7. The zero-order valence-electron chi connectivity index (χ0n) is 11.7. The van der Waals surface area contributed by atoms with Crippen LogP contribution in [0.3, 0.4) is 0 Å². The van der Waals surface area contributed by atoms with Crippen LogP contribution in [0.15, 0.2) is 36.5 Å². The molecular formula is C17H17NO3. The molecular weight excluding hydrogens is 266 g/mol. The summed E-state index contributed by atoms with van der Waals surface area (Å²) < 4.78 is 10.7. The van der Waals surface area contributed by atoms with E-state index in [0.717, 1.165) is 36.3 Å². The maximum atomic E-state index is 10.8. The molecule has 0 radical (unpaired) electrons. The zero-order chi connectivity index (χ0) is 14.2. The van der Waals surface area contributed by atoms with Crippen molar-refractivity contribution in [3.8, 4) is 11.5 Å². The minimum atomic E-state index is -0.562. The number of hydrogen-bond acceptors (Lipinski definition) is 4. The molecule has 4 heteroatoms. The van der Waals surface area contributed by atoms with Crippen LogP contribution in [0, 0.1) is 0 Å². The largest absolute Gasteiger partial charge is 0.454 e. The second-order valence-electron chi connectivity index (χ2n) is 5.60. The van der Waals surface area contributed by atoms with E-state index in [1.165, 1.54) is 5.56 Å². The summed E-state index contributed by atoms with van der Waals surface area (Å²) in [5.41, 5.74) is 3.16. The van der Waals surface area contributed by atoms with Crippen molar-refractivity contribution in [3.05, 3.63) is 53.3 Å². The average Bonchev–Trinajstić information content (AvgIpc) is 3.01. The number of aromatic nitrogens is 1. The normalized spacial score (nSPS) is 20.9. The Labute approximate surface area is 123 Å². The molecule has 0 bridgehead atoms. The van der Waals surface area contributed by atoms with E-state index in [9.17, 15) is 5.11 Å². The monoisotopic (exact) mass is 283 g/mol. The molecule has 2 aromatic rings. The molecule has 4 nitrogen and oxygen atoms in total. The molecule has 1 aliphatic carbocycles. The van der Waals surface area contributed by atoms with Crippen LogP contribution in [-0.2, 0) is 6.42 Å². The number of hydrogen-bond donors (Lipinski definition) is 1. The topological polar surface area (TPSA) is 51.6 Å². The predicted molar refractivity (Wildman–Crippen MR) is 77.4 cm³/mol. The summed E-state index contributed by atoms with van der Waals surface area (Å²) in [5.74, 6) is 1.51. The molecule has 0 amide bonds. The van der Waals surface area contributed by atoms with Crippen molar-refractivity contribution in [2.24, 2.45) is 0 Å². The molecule has 1 aromatic heterocycles. The van der Waals surface area contributed by atoms with E-state index in [1.54, 1.807) is 0 Å². The Morgan fingerprint density at radius 3 is 3.05 bits per heavy atom. The van der Waals surface area contributed by atoms with Gasteiger partial charge in [-0.05, 0) is 48.6 Å². The van der Waals surface area contributed by atoms with Crippen LogP contribution < -0.4 is 9.47 Å². The minimum absolute atomic E-state index is 0.0512. The molecule has 0 saturated carbocycles. The fourth-order valence-electron chi connectivity index (χ4n) is 3.28. The van der Waals surface area contributed by atoms with E-state index in [2.05, 4.69) is 11.1 Å². The van der Waals surface area contributed by atoms with Crippen LogP contribution >= 0.6 is 0 Å². The Morgan fingerprint density at radius 1 is 1.19 bits per heavy atom. The lowest BCUT2D eigenvalue weighted by Crippen LogP contribution is -2.18. The van der Waals surface area contributed by atoms with Gasteiger partial charge in [0, 0.05) is 17.8 Å². The molecule has 1 aliphatic heterocycles. The standard InChI is InChI=1S/C17H17NO3/c19-17(12-6-7-14-15(9-12)21-10-20-14)13-5-1-3-11-4-2-8-18-16(11)13/h2,4,6-9,13,17,19H,1,3,5,10H2. The molecule has 1 N–H and O–H groups in total. The van der Waals surface area contributed by atoms with Gasteiger partial charge >= 0.3 is 0 Å². The highest BCUT2D eigenvalue weighted by molar-refractivity contribution is 5.45. The van der Waals surface area contributed by atoms with E-state index in [-0.39, 0.29) is 12.7 Å². The quantitative estimate of drug-likeness (QED) is 0.920. The highest BCUT2D eigenvalue weighted by Gasteiger charge is 2.29. The molecule has 0 spiro atoms. The summed E-state index contributed by atoms with van der Waals surface area (Å²) >= 11 is 0. The lowest BCUT2D eigenvalue weighted by Gasteiger charge is -2.28. The Kier molecular flexibility index (Phi) is 3.04. The van der Waals surface area contributed by atoms with Gasteiger partial charge in [-0.2, -0.15) is 0 Å². The fourth-order valence-corrected chi connectivity index (χ4v) is 3.28. The van der Waals surface area contributed by atoms with Gasteiger partial charge in [-0.25, -0.2) is 0 Å². The first kappa shape index (κ1) is 12.7. The Hall–Kier alpha value is -2.07. The number of benzene rings is 1. The van der Waals surface area contributed by atoms with Crippen LogP contribution in [0.25, 0.3) is 0 Å². The van der Waals surface area contributed by atoms with Crippen LogP contribution in [0.1, 0.15) is 41.7 Å². The fraction of sp³-hybridized carbons (Fsp3) is 0.353. The van der Waals surface area contributed by atoms with Crippen molar-refractivity contribution >= 4 is 0 Å². The maximum absolute atomic E-state index is 10.8. The summed E-state index contributed by atoms with van der Waals surface area (Å²) in [6, 6.07) is 9.73. The van der Waals surface area contributed by atoms with Crippen molar-refractivity contribution in [1.29, 1.82) is 0 Å². The smallest absolute Gasteiger partial charge is 0.231 e. The Morgan fingerprint density at radius 2 is 2.10 bits per heavy atom. The van der Waals surface area contributed by atoms with Crippen LogP contribution in [0.5, 0.6) is 11.5 Å². The molecule has 1 aromatic carbocycles. The van der Waals surface area contributed by atoms with Crippen LogP contribution in [0.4, 0.5) is 0 Å². The average molecular weight is 283 g/mol. The minimum Gasteiger partial charge on any atom is -0.454 e. The molecule has 0 saturated heterocycles. The van der Waals surface area contributed by atoms with Crippen LogP contribution in [0.2, 0.25) is 0 Å². The van der Waals surface area contributed by atoms with Gasteiger partial charge < -0.3 is 14.6 Å². The number of aliphatic hydroxyl groups is 1. The molecule has 4 rings (SSSR count). The number of aryl methyl sites for hydroxylation is 1. The summed E-state index contributed by atoms with van der Waals surface area (Å²) in [4.78, 5) is 4.50. The van der Waals surface area contributed by atoms with E-state index in [1.807, 2.05) is 30.5 Å². The lowest BCUT2D eigenvalue weighted by molar-refractivity contribution is 0.133. The van der Waals surface area contributed by atoms with Gasteiger partial charge in [0.2, 0.25) is 6.79 Å². The third kappa shape index (κ3) is 2.16. The molecule has 21 heavy (non-hydrogen) atoms. The first-order valence-corrected chi connectivity index (χ1v) is 7.34. The molecule has 2 heterocycles. The maximum Gasteiger partial charge on any atom is 0.231 e. The van der Waals surface area contributed by atoms with Crippen LogP contribution in [-0.4, -0.2) is 16.9 Å². The van der Waals surface area contributed by atoms with Crippen molar-refractivity contribution < 1.29 is 14.6 Å². The van der Waals surface area contributed by atoms with E-state index in [0.29, 0.717) is 5.75 Å². The Balaban J connectivity index is 1.68. The van der Waals surface area contributed by atoms with Gasteiger partial charge in [0.15, 0.2) is 11.5 Å². The number of fused-ring (bicyclic) bond motifs is 2. The lowest BCUT2D eigenvalue weighted by atomic mass is 9.81.